The van der Waals surface area contributed by atoms with E-state index in [0.717, 1.165) is 31.4 Å². The zero-order valence-corrected chi connectivity index (χ0v) is 38.0. The Bertz CT molecular complexity index is 2240. The van der Waals surface area contributed by atoms with Gasteiger partial charge in [-0.2, -0.15) is 0 Å². The summed E-state index contributed by atoms with van der Waals surface area (Å²) in [5.41, 5.74) is -0.0477. The minimum absolute atomic E-state index is 0.00461. The Labute approximate surface area is 374 Å². The minimum atomic E-state index is -4.83. The number of rotatable bonds is 23. The van der Waals surface area contributed by atoms with Gasteiger partial charge in [-0.15, -0.1) is 0 Å². The van der Waals surface area contributed by atoms with Crippen LogP contribution in [0.25, 0.3) is 0 Å². The van der Waals surface area contributed by atoms with Crippen LogP contribution in [0.5, 0.6) is 0 Å². The van der Waals surface area contributed by atoms with Crippen molar-refractivity contribution in [3.63, 3.8) is 0 Å². The molecule has 20 nitrogen and oxygen atoms in total. The van der Waals surface area contributed by atoms with Crippen molar-refractivity contribution in [1.29, 1.82) is 0 Å². The van der Waals surface area contributed by atoms with E-state index in [2.05, 4.69) is 31.2 Å². The second-order valence-electron chi connectivity index (χ2n) is 15.9. The molecule has 0 bridgehead atoms. The molecular formula is C39H54ClF2N9O11S2. The summed E-state index contributed by atoms with van der Waals surface area (Å²) in [6.07, 6.45) is 3.69. The molecule has 25 heteroatoms. The lowest BCUT2D eigenvalue weighted by molar-refractivity contribution is -0.141. The van der Waals surface area contributed by atoms with Gasteiger partial charge < -0.3 is 26.6 Å². The molecule has 1 aromatic heterocycles. The molecule has 0 aliphatic heterocycles. The zero-order chi connectivity index (χ0) is 47.9. The molecule has 1 saturated carbocycles. The van der Waals surface area contributed by atoms with Gasteiger partial charge in [0.25, 0.3) is 27.7 Å². The molecule has 8 N–H and O–H groups in total. The number of carbonyl (C=O) groups excluding carboxylic acids is 7. The van der Waals surface area contributed by atoms with Gasteiger partial charge in [0.05, 0.1) is 22.5 Å². The molecule has 1 aliphatic carbocycles. The van der Waals surface area contributed by atoms with Gasteiger partial charge in [-0.1, -0.05) is 77.8 Å². The van der Waals surface area contributed by atoms with Crippen molar-refractivity contribution in [3.8, 4) is 0 Å². The molecule has 1 aromatic carbocycles. The highest BCUT2D eigenvalue weighted by Gasteiger charge is 2.37. The van der Waals surface area contributed by atoms with Crippen LogP contribution >= 0.6 is 11.6 Å². The Hall–Kier alpha value is -5.20. The maximum atomic E-state index is 14.1. The molecule has 64 heavy (non-hydrogen) atoms. The Morgan fingerprint density at radius 2 is 1.44 bits per heavy atom. The summed E-state index contributed by atoms with van der Waals surface area (Å²) < 4.78 is 78.3. The molecule has 0 radical (unpaired) electrons. The van der Waals surface area contributed by atoms with Crippen molar-refractivity contribution in [2.75, 3.05) is 6.54 Å². The average molecular weight is 962 g/mol. The second kappa shape index (κ2) is 24.2. The van der Waals surface area contributed by atoms with Crippen LogP contribution < -0.4 is 36.4 Å². The first-order valence-electron chi connectivity index (χ1n) is 20.4. The summed E-state index contributed by atoms with van der Waals surface area (Å²) in [7, 11) is -9.27. The van der Waals surface area contributed by atoms with Crippen LogP contribution in [0.15, 0.2) is 46.6 Å². The second-order valence-corrected chi connectivity index (χ2v) is 19.5. The van der Waals surface area contributed by atoms with Crippen LogP contribution in [-0.2, 0) is 48.8 Å². The van der Waals surface area contributed by atoms with Crippen molar-refractivity contribution in [2.24, 2.45) is 22.9 Å². The fourth-order valence-electron chi connectivity index (χ4n) is 6.75. The standard InChI is InChI=1S/C39H54ClF2N9O11S2/c1-5-22(4)33(50-36(55)28(13-21(2)3)48-37(56)30-19-44-11-12-45-30)38(57)49-29(14-23-9-7-6-8-10-23)35(54)47-27(18-31(41)42)34(53)39(58)46-20-32(52)51-64(61,62)26-16-24(40)15-25(17-26)63(43,59)60/h11-12,15-17,19,21-23,27-29,31,33H,5-10,13-14,18,20H2,1-4H3,(H,46,58)(H,47,54)(H,48,56)(H,49,57)(H,50,55)(H,51,52)(H2,43,59,60)/t22-,27-,28-,29-,33?/m0/s1. The largest absolute Gasteiger partial charge is 0.344 e. The first kappa shape index (κ1) is 53.1. The number of Topliss-reactive ketones (excluding diaryl/α,β-unsaturated/α-hetero) is 1. The van der Waals surface area contributed by atoms with E-state index in [1.807, 2.05) is 13.8 Å². The Balaban J connectivity index is 1.79. The Morgan fingerprint density at radius 1 is 0.812 bits per heavy atom. The minimum Gasteiger partial charge on any atom is -0.344 e. The molecule has 0 saturated heterocycles. The summed E-state index contributed by atoms with van der Waals surface area (Å²) >= 11 is 5.81. The van der Waals surface area contributed by atoms with Crippen LogP contribution in [0.4, 0.5) is 8.78 Å². The number of nitrogens with zero attached hydrogens (tertiary/aromatic N) is 2. The highest BCUT2D eigenvalue weighted by Crippen LogP contribution is 2.28. The number of halogens is 3. The molecule has 6 amide bonds. The van der Waals surface area contributed by atoms with Gasteiger partial charge in [0.1, 0.15) is 29.9 Å². The molecule has 2 aromatic rings. The number of ketones is 1. The van der Waals surface area contributed by atoms with E-state index >= 15 is 0 Å². The highest BCUT2D eigenvalue weighted by molar-refractivity contribution is 7.90. The molecule has 1 unspecified atom stereocenters. The predicted molar refractivity (Wildman–Crippen MR) is 226 cm³/mol. The van der Waals surface area contributed by atoms with E-state index in [-0.39, 0.29) is 35.4 Å². The fraction of sp³-hybridized carbons (Fsp3) is 0.564. The molecular weight excluding hydrogens is 908 g/mol. The number of aromatic nitrogens is 2. The maximum absolute atomic E-state index is 14.1. The number of alkyl halides is 2. The number of carbonyl (C=O) groups is 7. The first-order chi connectivity index (χ1) is 29.9. The van der Waals surface area contributed by atoms with Crippen molar-refractivity contribution in [2.45, 2.75) is 126 Å². The predicted octanol–water partition coefficient (Wildman–Crippen LogP) is 1.24. The number of amides is 6. The summed E-state index contributed by atoms with van der Waals surface area (Å²) in [6.45, 7) is 5.87. The van der Waals surface area contributed by atoms with Gasteiger partial charge in [0.15, 0.2) is 0 Å². The third-order valence-corrected chi connectivity index (χ3v) is 12.7. The Kier molecular flexibility index (Phi) is 20.1. The first-order valence-corrected chi connectivity index (χ1v) is 23.8. The van der Waals surface area contributed by atoms with Crippen LogP contribution in [0.2, 0.25) is 5.02 Å². The summed E-state index contributed by atoms with van der Waals surface area (Å²) in [5.74, 6) is -8.80. The van der Waals surface area contributed by atoms with Crippen molar-refractivity contribution >= 4 is 72.9 Å². The monoisotopic (exact) mass is 961 g/mol. The number of hydrogen-bond acceptors (Lipinski definition) is 13. The van der Waals surface area contributed by atoms with Crippen molar-refractivity contribution in [1.82, 2.24) is 41.3 Å². The lowest BCUT2D eigenvalue weighted by Gasteiger charge is -2.31. The number of sulfonamides is 2. The average Bonchev–Trinajstić information content (AvgIpc) is 3.22. The maximum Gasteiger partial charge on any atom is 0.290 e. The highest BCUT2D eigenvalue weighted by atomic mass is 35.5. The van der Waals surface area contributed by atoms with E-state index in [1.165, 1.54) is 23.3 Å². The van der Waals surface area contributed by atoms with Crippen molar-refractivity contribution < 1.29 is 59.2 Å². The van der Waals surface area contributed by atoms with Crippen molar-refractivity contribution in [3.05, 3.63) is 47.5 Å². The van der Waals surface area contributed by atoms with E-state index in [1.54, 1.807) is 19.2 Å². The SMILES string of the molecule is CC[C@H](C)C(NC(=O)[C@H](CC(C)C)NC(=O)c1cnccn1)C(=O)N[C@@H](CC1CCCCC1)C(=O)N[C@@H](CC(F)F)C(=O)C(=O)NCC(=O)NS(=O)(=O)c1cc(Cl)cc(S(N)(=O)=O)c1. The Morgan fingerprint density at radius 3 is 2.02 bits per heavy atom. The van der Waals surface area contributed by atoms with Gasteiger partial charge in [0, 0.05) is 23.8 Å². The lowest BCUT2D eigenvalue weighted by atomic mass is 9.84. The third kappa shape index (κ3) is 16.7. The van der Waals surface area contributed by atoms with E-state index in [4.69, 9.17) is 16.7 Å². The van der Waals surface area contributed by atoms with Gasteiger partial charge in [-0.25, -0.2) is 40.5 Å². The number of hydrogen-bond donors (Lipinski definition) is 7. The molecule has 1 fully saturated rings. The van der Waals surface area contributed by atoms with Gasteiger partial charge >= 0.3 is 0 Å². The van der Waals surface area contributed by atoms with Crippen LogP contribution in [0.1, 0.15) is 96.0 Å². The number of nitrogens with one attached hydrogen (secondary N) is 6. The normalized spacial score (nSPS) is 15.8. The number of nitrogens with two attached hydrogens (primary N) is 1. The van der Waals surface area contributed by atoms with Crippen LogP contribution in [0.3, 0.4) is 0 Å². The topological polar surface area (TPSA) is 312 Å². The molecule has 0 spiro atoms. The van der Waals surface area contributed by atoms with E-state index in [0.29, 0.717) is 25.3 Å². The molecule has 3 rings (SSSR count). The zero-order valence-electron chi connectivity index (χ0n) is 35.6. The van der Waals surface area contributed by atoms with Crippen LogP contribution in [-0.4, -0.2) is 105 Å². The smallest absolute Gasteiger partial charge is 0.290 e. The summed E-state index contributed by atoms with van der Waals surface area (Å²) in [4.78, 5) is 99.7. The van der Waals surface area contributed by atoms with Crippen LogP contribution in [0, 0.1) is 17.8 Å². The quantitative estimate of drug-likeness (QED) is 0.0773. The third-order valence-electron chi connectivity index (χ3n) is 10.3. The molecule has 1 aliphatic rings. The lowest BCUT2D eigenvalue weighted by Crippen LogP contribution is -2.60. The number of primary sulfonamides is 1. The number of benzene rings is 1. The summed E-state index contributed by atoms with van der Waals surface area (Å²) in [6, 6.07) is -3.77. The van der Waals surface area contributed by atoms with Gasteiger partial charge in [0.2, 0.25) is 40.0 Å². The van der Waals surface area contributed by atoms with Gasteiger partial charge in [-0.3, -0.25) is 38.5 Å². The molecule has 1 heterocycles. The molecule has 354 valence electrons. The van der Waals surface area contributed by atoms with Gasteiger partial charge in [-0.05, 0) is 48.8 Å². The summed E-state index contributed by atoms with van der Waals surface area (Å²) in [5, 5.41) is 16.5. The van der Waals surface area contributed by atoms with E-state index < -0.39 is 121 Å². The van der Waals surface area contributed by atoms with E-state index in [9.17, 15) is 59.2 Å². The molecule has 5 atom stereocenters. The fourth-order valence-corrected chi connectivity index (χ4v) is 8.82.